The summed E-state index contributed by atoms with van der Waals surface area (Å²) >= 11 is 4.84. The van der Waals surface area contributed by atoms with Gasteiger partial charge < -0.3 is 14.5 Å². The van der Waals surface area contributed by atoms with Gasteiger partial charge in [-0.3, -0.25) is 9.89 Å². The highest BCUT2D eigenvalue weighted by Crippen LogP contribution is 2.13. The van der Waals surface area contributed by atoms with E-state index in [2.05, 4.69) is 20.4 Å². The van der Waals surface area contributed by atoms with E-state index < -0.39 is 0 Å². The smallest absolute Gasteiger partial charge is 0.235 e. The quantitative estimate of drug-likeness (QED) is 0.660. The number of H-pyrrole nitrogens is 2. The van der Waals surface area contributed by atoms with E-state index in [1.807, 2.05) is 24.3 Å². The Morgan fingerprint density at radius 3 is 2.71 bits per heavy atom. The fraction of sp³-hybridized carbons (Fsp3) is 0.200. The fourth-order valence-corrected chi connectivity index (χ4v) is 2.21. The molecule has 24 heavy (non-hydrogen) atoms. The van der Waals surface area contributed by atoms with E-state index in [0.29, 0.717) is 18.8 Å². The molecule has 0 saturated carbocycles. The topological polar surface area (TPSA) is 97.8 Å². The third-order valence-electron chi connectivity index (χ3n) is 3.28. The molecule has 0 aliphatic heterocycles. The maximum atomic E-state index is 12.1. The van der Waals surface area contributed by atoms with Crippen LogP contribution in [0.5, 0.6) is 11.5 Å². The van der Waals surface area contributed by atoms with Crippen LogP contribution in [0.3, 0.4) is 0 Å². The van der Waals surface area contributed by atoms with Crippen LogP contribution in [0.2, 0.25) is 0 Å². The third-order valence-corrected chi connectivity index (χ3v) is 3.45. The van der Waals surface area contributed by atoms with Crippen LogP contribution in [0, 0.1) is 4.77 Å². The molecule has 2 N–H and O–H groups in total. The summed E-state index contributed by atoms with van der Waals surface area (Å²) in [4.78, 5) is 16.6. The lowest BCUT2D eigenvalue weighted by Gasteiger charge is -2.07. The number of hydrogen-bond donors (Lipinski definition) is 2. The fourth-order valence-electron chi connectivity index (χ4n) is 2.07. The number of pyridine rings is 1. The van der Waals surface area contributed by atoms with Crippen LogP contribution in [0.15, 0.2) is 41.3 Å². The highest BCUT2D eigenvalue weighted by molar-refractivity contribution is 7.71. The normalized spacial score (nSPS) is 10.5. The van der Waals surface area contributed by atoms with Gasteiger partial charge in [0, 0.05) is 18.0 Å². The molecule has 0 unspecified atom stereocenters. The van der Waals surface area contributed by atoms with Crippen LogP contribution in [0.4, 0.5) is 0 Å². The Morgan fingerprint density at radius 1 is 1.29 bits per heavy atom. The summed E-state index contributed by atoms with van der Waals surface area (Å²) in [6.07, 6.45) is 1.53. The number of benzene rings is 1. The van der Waals surface area contributed by atoms with E-state index >= 15 is 0 Å². The Balaban J connectivity index is 1.65. The number of tetrazole rings is 1. The van der Waals surface area contributed by atoms with Crippen molar-refractivity contribution in [1.29, 1.82) is 0 Å². The molecule has 2 aromatic heterocycles. The monoisotopic (exact) mass is 345 g/mol. The molecule has 0 bridgehead atoms. The first-order valence-corrected chi connectivity index (χ1v) is 7.52. The maximum Gasteiger partial charge on any atom is 0.235 e. The van der Waals surface area contributed by atoms with E-state index in [-0.39, 0.29) is 15.9 Å². The highest BCUT2D eigenvalue weighted by Gasteiger charge is 2.05. The van der Waals surface area contributed by atoms with Crippen molar-refractivity contribution >= 4 is 12.2 Å². The number of nitrogens with zero attached hydrogens (tertiary/aromatic N) is 3. The van der Waals surface area contributed by atoms with Crippen molar-refractivity contribution in [3.63, 3.8) is 0 Å². The number of methoxy groups -OCH3 is 1. The summed E-state index contributed by atoms with van der Waals surface area (Å²) in [5, 5.41) is 10.2. The summed E-state index contributed by atoms with van der Waals surface area (Å²) < 4.78 is 10.9. The lowest BCUT2D eigenvalue weighted by atomic mass is 10.2. The van der Waals surface area contributed by atoms with Crippen LogP contribution >= 0.6 is 12.2 Å². The average molecular weight is 345 g/mol. The summed E-state index contributed by atoms with van der Waals surface area (Å²) in [5.74, 6) is 1.02. The SMILES string of the molecule is COc1ccc(COc2c[nH]c(Cn3nnc(=S)[nH]3)cc2=O)cc1. The van der Waals surface area contributed by atoms with Crippen molar-refractivity contribution < 1.29 is 9.47 Å². The van der Waals surface area contributed by atoms with Crippen molar-refractivity contribution in [1.82, 2.24) is 25.2 Å². The van der Waals surface area contributed by atoms with E-state index in [0.717, 1.165) is 11.3 Å². The predicted molar refractivity (Wildman–Crippen MR) is 88.7 cm³/mol. The van der Waals surface area contributed by atoms with E-state index in [4.69, 9.17) is 21.7 Å². The van der Waals surface area contributed by atoms with Crippen LogP contribution in [0.1, 0.15) is 11.3 Å². The summed E-state index contributed by atoms with van der Waals surface area (Å²) in [5.41, 5.74) is 1.39. The first-order valence-electron chi connectivity index (χ1n) is 7.11. The Morgan fingerprint density at radius 2 is 2.08 bits per heavy atom. The molecule has 0 saturated heterocycles. The van der Waals surface area contributed by atoms with Crippen LogP contribution in [0.25, 0.3) is 0 Å². The second-order valence-electron chi connectivity index (χ2n) is 4.99. The van der Waals surface area contributed by atoms with Crippen molar-refractivity contribution in [2.24, 2.45) is 0 Å². The van der Waals surface area contributed by atoms with Crippen molar-refractivity contribution in [2.45, 2.75) is 13.2 Å². The molecule has 0 aliphatic rings. The summed E-state index contributed by atoms with van der Waals surface area (Å²) in [6, 6.07) is 8.91. The van der Waals surface area contributed by atoms with E-state index in [1.165, 1.54) is 17.1 Å². The lowest BCUT2D eigenvalue weighted by Crippen LogP contribution is -2.12. The molecule has 0 fully saturated rings. The van der Waals surface area contributed by atoms with Crippen molar-refractivity contribution in [3.8, 4) is 11.5 Å². The van der Waals surface area contributed by atoms with Gasteiger partial charge in [0.25, 0.3) is 0 Å². The van der Waals surface area contributed by atoms with Gasteiger partial charge in [-0.2, -0.15) is 4.80 Å². The second kappa shape index (κ2) is 7.09. The zero-order valence-electron chi connectivity index (χ0n) is 12.9. The zero-order valence-corrected chi connectivity index (χ0v) is 13.7. The van der Waals surface area contributed by atoms with Gasteiger partial charge in [-0.05, 0) is 35.1 Å². The van der Waals surface area contributed by atoms with Crippen LogP contribution in [-0.4, -0.2) is 32.3 Å². The number of rotatable bonds is 6. The average Bonchev–Trinajstić information content (AvgIpc) is 2.99. The second-order valence-corrected chi connectivity index (χ2v) is 5.37. The van der Waals surface area contributed by atoms with Crippen molar-refractivity contribution in [3.05, 3.63) is 62.8 Å². The van der Waals surface area contributed by atoms with Gasteiger partial charge in [0.1, 0.15) is 18.9 Å². The molecular weight excluding hydrogens is 330 g/mol. The Hall–Kier alpha value is -2.94. The Bertz CT molecular complexity index is 929. The van der Waals surface area contributed by atoms with Gasteiger partial charge in [-0.15, -0.1) is 0 Å². The molecule has 3 aromatic rings. The van der Waals surface area contributed by atoms with Gasteiger partial charge in [0.15, 0.2) is 5.75 Å². The minimum atomic E-state index is -0.212. The molecule has 124 valence electrons. The number of aromatic amines is 2. The molecule has 8 nitrogen and oxygen atoms in total. The molecule has 0 aliphatic carbocycles. The number of hydrogen-bond acceptors (Lipinski definition) is 6. The highest BCUT2D eigenvalue weighted by atomic mass is 32.1. The van der Waals surface area contributed by atoms with Gasteiger partial charge in [0.05, 0.1) is 7.11 Å². The largest absolute Gasteiger partial charge is 0.497 e. The first-order chi connectivity index (χ1) is 11.6. The van der Waals surface area contributed by atoms with Crippen molar-refractivity contribution in [2.75, 3.05) is 7.11 Å². The van der Waals surface area contributed by atoms with Crippen LogP contribution in [-0.2, 0) is 13.2 Å². The standard InChI is InChI=1S/C15H15N5O3S/c1-22-12-4-2-10(3-5-12)9-23-14-7-16-11(6-13(14)21)8-20-18-15(24)17-19-20/h2-7H,8-9H2,1H3,(H,16,21)(H,18,24). The van der Waals surface area contributed by atoms with Crippen LogP contribution < -0.4 is 14.9 Å². The molecule has 0 atom stereocenters. The number of aromatic nitrogens is 5. The van der Waals surface area contributed by atoms with Gasteiger partial charge >= 0.3 is 0 Å². The third kappa shape index (κ3) is 3.87. The molecule has 1 aromatic carbocycles. The Labute approximate surface area is 142 Å². The zero-order chi connectivity index (χ0) is 16.9. The summed E-state index contributed by atoms with van der Waals surface area (Å²) in [6.45, 7) is 0.625. The maximum absolute atomic E-state index is 12.1. The molecular formula is C15H15N5O3S. The number of ether oxygens (including phenoxy) is 2. The number of nitrogens with one attached hydrogen (secondary N) is 2. The lowest BCUT2D eigenvalue weighted by molar-refractivity contribution is 0.301. The van der Waals surface area contributed by atoms with E-state index in [9.17, 15) is 4.79 Å². The minimum absolute atomic E-state index is 0.212. The molecule has 0 spiro atoms. The molecule has 3 rings (SSSR count). The summed E-state index contributed by atoms with van der Waals surface area (Å²) in [7, 11) is 1.61. The van der Waals surface area contributed by atoms with E-state index in [1.54, 1.807) is 7.11 Å². The van der Waals surface area contributed by atoms with Gasteiger partial charge in [-0.1, -0.05) is 17.2 Å². The minimum Gasteiger partial charge on any atom is -0.497 e. The Kier molecular flexibility index (Phi) is 4.71. The predicted octanol–water partition coefficient (Wildman–Crippen LogP) is 1.66. The van der Waals surface area contributed by atoms with Gasteiger partial charge in [-0.25, -0.2) is 0 Å². The molecule has 0 amide bonds. The molecule has 0 radical (unpaired) electrons. The first kappa shape index (κ1) is 15.9. The molecule has 9 heteroatoms. The van der Waals surface area contributed by atoms with Gasteiger partial charge in [0.2, 0.25) is 10.2 Å². The molecule has 2 heterocycles.